The molecule has 0 spiro atoms. The minimum Gasteiger partial charge on any atom is -0.368 e. The van der Waals surface area contributed by atoms with Gasteiger partial charge in [-0.2, -0.15) is 0 Å². The number of carbonyl (C=O) groups excluding carboxylic acids is 1. The Hall–Kier alpha value is -1.68. The molecule has 1 aliphatic heterocycles. The predicted octanol–water partition coefficient (Wildman–Crippen LogP) is 5.01. The molecule has 3 rings (SSSR count). The highest BCUT2D eigenvalue weighted by Crippen LogP contribution is 2.25. The molecular formula is C19H17Cl3N2O. The Balaban J connectivity index is 1.60. The van der Waals surface area contributed by atoms with Crippen LogP contribution >= 0.6 is 34.8 Å². The molecule has 130 valence electrons. The number of rotatable bonds is 3. The van der Waals surface area contributed by atoms with Gasteiger partial charge in [-0.3, -0.25) is 4.79 Å². The number of hydrogen-bond donors (Lipinski definition) is 0. The molecular weight excluding hydrogens is 379 g/mol. The first-order chi connectivity index (χ1) is 12.0. The summed E-state index contributed by atoms with van der Waals surface area (Å²) in [6.45, 7) is 2.91. The first-order valence-corrected chi connectivity index (χ1v) is 9.09. The van der Waals surface area contributed by atoms with Gasteiger partial charge in [0, 0.05) is 58.6 Å². The van der Waals surface area contributed by atoms with Crippen molar-refractivity contribution in [3.63, 3.8) is 0 Å². The van der Waals surface area contributed by atoms with E-state index in [1.54, 1.807) is 24.3 Å². The molecule has 0 radical (unpaired) electrons. The monoisotopic (exact) mass is 394 g/mol. The molecule has 0 aliphatic carbocycles. The lowest BCUT2D eigenvalue weighted by atomic mass is 10.2. The van der Waals surface area contributed by atoms with Crippen LogP contribution in [0.1, 0.15) is 5.56 Å². The molecule has 1 fully saturated rings. The van der Waals surface area contributed by atoms with Gasteiger partial charge in [-0.15, -0.1) is 0 Å². The van der Waals surface area contributed by atoms with Crippen molar-refractivity contribution in [2.75, 3.05) is 31.1 Å². The molecule has 0 atom stereocenters. The van der Waals surface area contributed by atoms with E-state index in [2.05, 4.69) is 4.90 Å². The Morgan fingerprint density at radius 3 is 2.08 bits per heavy atom. The Kier molecular flexibility index (Phi) is 5.89. The lowest BCUT2D eigenvalue weighted by molar-refractivity contribution is -0.126. The Bertz CT molecular complexity index is 762. The van der Waals surface area contributed by atoms with E-state index in [4.69, 9.17) is 34.8 Å². The van der Waals surface area contributed by atoms with Crippen LogP contribution in [0.2, 0.25) is 15.1 Å². The molecule has 0 bridgehead atoms. The van der Waals surface area contributed by atoms with Gasteiger partial charge in [-0.25, -0.2) is 0 Å². The van der Waals surface area contributed by atoms with Gasteiger partial charge < -0.3 is 9.80 Å². The van der Waals surface area contributed by atoms with Crippen molar-refractivity contribution < 1.29 is 4.79 Å². The third-order valence-corrected chi connectivity index (χ3v) is 5.09. The average molecular weight is 396 g/mol. The summed E-state index contributed by atoms with van der Waals surface area (Å²) < 4.78 is 0. The van der Waals surface area contributed by atoms with Crippen LogP contribution in [0.25, 0.3) is 6.08 Å². The molecule has 0 unspecified atom stereocenters. The highest BCUT2D eigenvalue weighted by molar-refractivity contribution is 6.37. The summed E-state index contributed by atoms with van der Waals surface area (Å²) >= 11 is 18.2. The van der Waals surface area contributed by atoms with Crippen molar-refractivity contribution in [2.45, 2.75) is 0 Å². The fourth-order valence-corrected chi connectivity index (χ4v) is 3.42. The maximum absolute atomic E-state index is 12.4. The highest BCUT2D eigenvalue weighted by Gasteiger charge is 2.19. The van der Waals surface area contributed by atoms with E-state index in [-0.39, 0.29) is 5.91 Å². The molecule has 1 heterocycles. The van der Waals surface area contributed by atoms with Gasteiger partial charge in [-0.05, 0) is 42.5 Å². The van der Waals surface area contributed by atoms with Crippen LogP contribution in [0.3, 0.4) is 0 Å². The van der Waals surface area contributed by atoms with Crippen LogP contribution in [0.5, 0.6) is 0 Å². The van der Waals surface area contributed by atoms with Gasteiger partial charge in [0.05, 0.1) is 0 Å². The number of carbonyl (C=O) groups is 1. The number of nitrogens with zero attached hydrogens (tertiary/aromatic N) is 2. The zero-order valence-electron chi connectivity index (χ0n) is 13.5. The number of halogens is 3. The molecule has 0 aromatic heterocycles. The summed E-state index contributed by atoms with van der Waals surface area (Å²) in [5, 5.41) is 1.79. The number of amides is 1. The normalized spacial score (nSPS) is 15.0. The quantitative estimate of drug-likeness (QED) is 0.682. The molecule has 1 saturated heterocycles. The maximum atomic E-state index is 12.4. The lowest BCUT2D eigenvalue weighted by Crippen LogP contribution is -2.48. The van der Waals surface area contributed by atoms with E-state index in [9.17, 15) is 4.79 Å². The van der Waals surface area contributed by atoms with E-state index in [1.165, 1.54) is 6.08 Å². The van der Waals surface area contributed by atoms with Gasteiger partial charge in [0.15, 0.2) is 0 Å². The smallest absolute Gasteiger partial charge is 0.246 e. The first kappa shape index (κ1) is 18.1. The fraction of sp³-hybridized carbons (Fsp3) is 0.211. The van der Waals surface area contributed by atoms with Crippen molar-refractivity contribution in [3.05, 3.63) is 69.2 Å². The Labute approximate surface area is 162 Å². The van der Waals surface area contributed by atoms with E-state index in [1.807, 2.05) is 29.2 Å². The molecule has 3 nitrogen and oxygen atoms in total. The van der Waals surface area contributed by atoms with Crippen molar-refractivity contribution in [2.24, 2.45) is 0 Å². The van der Waals surface area contributed by atoms with Gasteiger partial charge >= 0.3 is 0 Å². The van der Waals surface area contributed by atoms with Crippen LogP contribution in [0.4, 0.5) is 5.69 Å². The van der Waals surface area contributed by atoms with Crippen LogP contribution in [0, 0.1) is 0 Å². The molecule has 25 heavy (non-hydrogen) atoms. The number of benzene rings is 2. The topological polar surface area (TPSA) is 23.6 Å². The number of hydrogen-bond acceptors (Lipinski definition) is 2. The van der Waals surface area contributed by atoms with Crippen LogP contribution in [-0.4, -0.2) is 37.0 Å². The first-order valence-electron chi connectivity index (χ1n) is 7.96. The largest absolute Gasteiger partial charge is 0.368 e. The van der Waals surface area contributed by atoms with E-state index in [0.717, 1.165) is 23.8 Å². The molecule has 0 N–H and O–H groups in total. The summed E-state index contributed by atoms with van der Waals surface area (Å²) in [4.78, 5) is 16.5. The van der Waals surface area contributed by atoms with Crippen molar-refractivity contribution in [1.29, 1.82) is 0 Å². The standard InChI is InChI=1S/C19H17Cl3N2O/c20-14-4-6-15(7-5-14)23-10-12-24(13-11-23)19(25)9-8-16-17(21)2-1-3-18(16)22/h1-9H,10-13H2/b9-8+. The maximum Gasteiger partial charge on any atom is 0.246 e. The van der Waals surface area contributed by atoms with Crippen molar-refractivity contribution in [3.8, 4) is 0 Å². The van der Waals surface area contributed by atoms with Crippen LogP contribution < -0.4 is 4.90 Å². The molecule has 2 aromatic carbocycles. The third-order valence-electron chi connectivity index (χ3n) is 4.18. The second kappa shape index (κ2) is 8.13. The molecule has 1 aliphatic rings. The predicted molar refractivity (Wildman–Crippen MR) is 106 cm³/mol. The zero-order chi connectivity index (χ0) is 17.8. The summed E-state index contributed by atoms with van der Waals surface area (Å²) in [6, 6.07) is 13.0. The van der Waals surface area contributed by atoms with Gasteiger partial charge in [0.2, 0.25) is 5.91 Å². The van der Waals surface area contributed by atoms with Crippen LogP contribution in [-0.2, 0) is 4.79 Å². The van der Waals surface area contributed by atoms with E-state index >= 15 is 0 Å². The van der Waals surface area contributed by atoms with Crippen LogP contribution in [0.15, 0.2) is 48.5 Å². The highest BCUT2D eigenvalue weighted by atomic mass is 35.5. The SMILES string of the molecule is O=C(/C=C/c1c(Cl)cccc1Cl)N1CCN(c2ccc(Cl)cc2)CC1. The molecule has 0 saturated carbocycles. The molecule has 6 heteroatoms. The summed E-state index contributed by atoms with van der Waals surface area (Å²) in [7, 11) is 0. The Morgan fingerprint density at radius 1 is 0.880 bits per heavy atom. The summed E-state index contributed by atoms with van der Waals surface area (Å²) in [5.74, 6) is -0.0354. The average Bonchev–Trinajstić information content (AvgIpc) is 2.62. The van der Waals surface area contributed by atoms with E-state index in [0.29, 0.717) is 28.7 Å². The summed E-state index contributed by atoms with van der Waals surface area (Å²) in [6.07, 6.45) is 3.21. The second-order valence-corrected chi connectivity index (χ2v) is 7.01. The minimum absolute atomic E-state index is 0.0354. The minimum atomic E-state index is -0.0354. The third kappa shape index (κ3) is 4.49. The van der Waals surface area contributed by atoms with Crippen molar-refractivity contribution >= 4 is 52.5 Å². The summed E-state index contributed by atoms with van der Waals surface area (Å²) in [5.41, 5.74) is 1.79. The van der Waals surface area contributed by atoms with Crippen molar-refractivity contribution in [1.82, 2.24) is 4.90 Å². The Morgan fingerprint density at radius 2 is 1.48 bits per heavy atom. The van der Waals surface area contributed by atoms with Gasteiger partial charge in [0.25, 0.3) is 0 Å². The van der Waals surface area contributed by atoms with Gasteiger partial charge in [0.1, 0.15) is 0 Å². The lowest BCUT2D eigenvalue weighted by Gasteiger charge is -2.35. The van der Waals surface area contributed by atoms with E-state index < -0.39 is 0 Å². The molecule has 1 amide bonds. The second-order valence-electron chi connectivity index (χ2n) is 5.76. The van der Waals surface area contributed by atoms with Gasteiger partial charge in [-0.1, -0.05) is 40.9 Å². The number of piperazine rings is 1. The fourth-order valence-electron chi connectivity index (χ4n) is 2.77. The zero-order valence-corrected chi connectivity index (χ0v) is 15.7. The number of anilines is 1. The molecule has 2 aromatic rings.